The Kier molecular flexibility index (Phi) is 4.24. The van der Waals surface area contributed by atoms with Gasteiger partial charge in [0, 0.05) is 25.9 Å². The van der Waals surface area contributed by atoms with E-state index in [0.717, 1.165) is 18.6 Å². The van der Waals surface area contributed by atoms with Crippen molar-refractivity contribution >= 4 is 11.8 Å². The normalized spacial score (nSPS) is 18.1. The minimum absolute atomic E-state index is 0.00647. The highest BCUT2D eigenvalue weighted by atomic mass is 16.3. The molecule has 1 aromatic heterocycles. The summed E-state index contributed by atoms with van der Waals surface area (Å²) in [5.74, 6) is 0.887. The van der Waals surface area contributed by atoms with Gasteiger partial charge in [-0.1, -0.05) is 0 Å². The molecular weight excluding hydrogens is 244 g/mol. The minimum atomic E-state index is -0.117. The average molecular weight is 264 g/mol. The van der Waals surface area contributed by atoms with E-state index < -0.39 is 0 Å². The van der Waals surface area contributed by atoms with Crippen LogP contribution in [0.25, 0.3) is 0 Å². The van der Waals surface area contributed by atoms with Gasteiger partial charge in [0.1, 0.15) is 5.76 Å². The molecular formula is C14H20N2O3. The molecule has 19 heavy (non-hydrogen) atoms. The van der Waals surface area contributed by atoms with Crippen LogP contribution in [-0.2, 0) is 9.59 Å². The zero-order valence-corrected chi connectivity index (χ0v) is 11.4. The predicted molar refractivity (Wildman–Crippen MR) is 70.2 cm³/mol. The molecule has 0 saturated carbocycles. The van der Waals surface area contributed by atoms with Crippen LogP contribution in [0.4, 0.5) is 0 Å². The molecule has 5 nitrogen and oxygen atoms in total. The van der Waals surface area contributed by atoms with Crippen LogP contribution in [0.2, 0.25) is 0 Å². The van der Waals surface area contributed by atoms with Crippen molar-refractivity contribution in [3.63, 3.8) is 0 Å². The number of amides is 2. The third kappa shape index (κ3) is 3.36. The topological polar surface area (TPSA) is 62.6 Å². The van der Waals surface area contributed by atoms with E-state index in [9.17, 15) is 9.59 Å². The van der Waals surface area contributed by atoms with Gasteiger partial charge < -0.3 is 14.6 Å². The van der Waals surface area contributed by atoms with Crippen molar-refractivity contribution in [1.82, 2.24) is 10.2 Å². The van der Waals surface area contributed by atoms with Crippen LogP contribution < -0.4 is 5.32 Å². The lowest BCUT2D eigenvalue weighted by atomic mass is 9.95. The molecule has 0 radical (unpaired) electrons. The van der Waals surface area contributed by atoms with Crippen LogP contribution in [0.5, 0.6) is 0 Å². The monoisotopic (exact) mass is 264 g/mol. The predicted octanol–water partition coefficient (Wildman–Crippen LogP) is 1.72. The fourth-order valence-electron chi connectivity index (χ4n) is 2.40. The third-order valence-corrected chi connectivity index (χ3v) is 3.64. The van der Waals surface area contributed by atoms with E-state index >= 15 is 0 Å². The molecule has 0 aromatic carbocycles. The van der Waals surface area contributed by atoms with Gasteiger partial charge in [0.05, 0.1) is 12.3 Å². The first-order chi connectivity index (χ1) is 9.08. The van der Waals surface area contributed by atoms with Gasteiger partial charge in [-0.3, -0.25) is 9.59 Å². The fourth-order valence-corrected chi connectivity index (χ4v) is 2.40. The molecule has 1 fully saturated rings. The molecule has 5 heteroatoms. The first-order valence-corrected chi connectivity index (χ1v) is 6.67. The Morgan fingerprint density at radius 1 is 1.42 bits per heavy atom. The van der Waals surface area contributed by atoms with Gasteiger partial charge in [-0.2, -0.15) is 0 Å². The average Bonchev–Trinajstić information content (AvgIpc) is 2.92. The third-order valence-electron chi connectivity index (χ3n) is 3.64. The maximum Gasteiger partial charge on any atom is 0.223 e. The molecule has 0 aliphatic carbocycles. The Bertz CT molecular complexity index is 434. The molecule has 2 amide bonds. The van der Waals surface area contributed by atoms with Gasteiger partial charge in [0.25, 0.3) is 0 Å². The number of nitrogens with one attached hydrogen (secondary N) is 1. The number of hydrogen-bond acceptors (Lipinski definition) is 3. The first-order valence-electron chi connectivity index (χ1n) is 6.67. The summed E-state index contributed by atoms with van der Waals surface area (Å²) in [6.07, 6.45) is 3.07. The van der Waals surface area contributed by atoms with Crippen molar-refractivity contribution in [3.8, 4) is 0 Å². The summed E-state index contributed by atoms with van der Waals surface area (Å²) in [6.45, 7) is 4.81. The molecule has 0 bridgehead atoms. The first kappa shape index (κ1) is 13.6. The highest BCUT2D eigenvalue weighted by Gasteiger charge is 2.27. The van der Waals surface area contributed by atoms with E-state index in [2.05, 4.69) is 5.32 Å². The molecule has 104 valence electrons. The zero-order valence-electron chi connectivity index (χ0n) is 11.4. The molecule has 1 aliphatic heterocycles. The molecule has 1 unspecified atom stereocenters. The number of furan rings is 1. The Morgan fingerprint density at radius 2 is 2.11 bits per heavy atom. The molecule has 1 atom stereocenters. The number of carbonyl (C=O) groups excluding carboxylic acids is 2. The van der Waals surface area contributed by atoms with Crippen LogP contribution in [0.1, 0.15) is 38.5 Å². The van der Waals surface area contributed by atoms with E-state index in [1.54, 1.807) is 18.1 Å². The van der Waals surface area contributed by atoms with Gasteiger partial charge >= 0.3 is 0 Å². The van der Waals surface area contributed by atoms with Crippen molar-refractivity contribution in [2.75, 3.05) is 13.1 Å². The van der Waals surface area contributed by atoms with Gasteiger partial charge in [0.2, 0.25) is 11.8 Å². The second kappa shape index (κ2) is 5.91. The molecule has 2 rings (SSSR count). The smallest absolute Gasteiger partial charge is 0.223 e. The van der Waals surface area contributed by atoms with E-state index in [0.29, 0.717) is 13.1 Å². The SMILES string of the molecule is CC(=O)N1CCC(C(=O)NC(C)c2ccco2)CC1. The summed E-state index contributed by atoms with van der Waals surface area (Å²) >= 11 is 0. The molecule has 0 spiro atoms. The van der Waals surface area contributed by atoms with Crippen LogP contribution in [0.3, 0.4) is 0 Å². The summed E-state index contributed by atoms with van der Waals surface area (Å²) in [4.78, 5) is 25.1. The van der Waals surface area contributed by atoms with Crippen LogP contribution >= 0.6 is 0 Å². The van der Waals surface area contributed by atoms with Gasteiger partial charge in [-0.25, -0.2) is 0 Å². The van der Waals surface area contributed by atoms with Crippen molar-refractivity contribution in [2.24, 2.45) is 5.92 Å². The molecule has 1 saturated heterocycles. The van der Waals surface area contributed by atoms with Gasteiger partial charge in [-0.05, 0) is 31.9 Å². The Labute approximate surface area is 113 Å². The summed E-state index contributed by atoms with van der Waals surface area (Å²) < 4.78 is 5.26. The highest BCUT2D eigenvalue weighted by Crippen LogP contribution is 2.19. The summed E-state index contributed by atoms with van der Waals surface area (Å²) in [5.41, 5.74) is 0. The number of carbonyl (C=O) groups is 2. The lowest BCUT2D eigenvalue weighted by Gasteiger charge is -2.31. The van der Waals surface area contributed by atoms with Crippen molar-refractivity contribution in [1.29, 1.82) is 0 Å². The molecule has 1 aromatic rings. The van der Waals surface area contributed by atoms with Crippen LogP contribution in [-0.4, -0.2) is 29.8 Å². The molecule has 2 heterocycles. The number of hydrogen-bond donors (Lipinski definition) is 1. The van der Waals surface area contributed by atoms with E-state index in [1.807, 2.05) is 19.1 Å². The van der Waals surface area contributed by atoms with Crippen molar-refractivity contribution in [2.45, 2.75) is 32.7 Å². The Morgan fingerprint density at radius 3 is 2.63 bits per heavy atom. The van der Waals surface area contributed by atoms with E-state index in [1.165, 1.54) is 0 Å². The van der Waals surface area contributed by atoms with Crippen molar-refractivity contribution in [3.05, 3.63) is 24.2 Å². The van der Waals surface area contributed by atoms with Gasteiger partial charge in [0.15, 0.2) is 0 Å². The number of likely N-dealkylation sites (tertiary alicyclic amines) is 1. The highest BCUT2D eigenvalue weighted by molar-refractivity contribution is 5.79. The zero-order chi connectivity index (χ0) is 13.8. The quantitative estimate of drug-likeness (QED) is 0.904. The lowest BCUT2D eigenvalue weighted by Crippen LogP contribution is -2.42. The van der Waals surface area contributed by atoms with E-state index in [-0.39, 0.29) is 23.8 Å². The van der Waals surface area contributed by atoms with Crippen molar-refractivity contribution < 1.29 is 14.0 Å². The maximum absolute atomic E-state index is 12.1. The number of rotatable bonds is 3. The molecule has 1 N–H and O–H groups in total. The number of piperidine rings is 1. The summed E-state index contributed by atoms with van der Waals surface area (Å²) in [5, 5.41) is 2.96. The summed E-state index contributed by atoms with van der Waals surface area (Å²) in [6, 6.07) is 3.54. The second-order valence-corrected chi connectivity index (χ2v) is 5.03. The largest absolute Gasteiger partial charge is 0.467 e. The van der Waals surface area contributed by atoms with Gasteiger partial charge in [-0.15, -0.1) is 0 Å². The van der Waals surface area contributed by atoms with Crippen LogP contribution in [0, 0.1) is 5.92 Å². The minimum Gasteiger partial charge on any atom is -0.467 e. The summed E-state index contributed by atoms with van der Waals surface area (Å²) in [7, 11) is 0. The number of nitrogens with zero attached hydrogens (tertiary/aromatic N) is 1. The maximum atomic E-state index is 12.1. The van der Waals surface area contributed by atoms with Crippen LogP contribution in [0.15, 0.2) is 22.8 Å². The fraction of sp³-hybridized carbons (Fsp3) is 0.571. The van der Waals surface area contributed by atoms with E-state index in [4.69, 9.17) is 4.42 Å². The Hall–Kier alpha value is -1.78. The molecule has 1 aliphatic rings. The second-order valence-electron chi connectivity index (χ2n) is 5.03. The Balaban J connectivity index is 1.83. The lowest BCUT2D eigenvalue weighted by molar-refractivity contribution is -0.134. The standard InChI is InChI=1S/C14H20N2O3/c1-10(13-4-3-9-19-13)15-14(18)12-5-7-16(8-6-12)11(2)17/h3-4,9-10,12H,5-8H2,1-2H3,(H,15,18).